The number of aryl methyl sites for hydroxylation is 2. The molecule has 0 aliphatic carbocycles. The third-order valence-electron chi connectivity index (χ3n) is 6.19. The molecule has 2 aliphatic heterocycles. The zero-order valence-electron chi connectivity index (χ0n) is 16.0. The summed E-state index contributed by atoms with van der Waals surface area (Å²) in [4.78, 5) is 2.77. The highest BCUT2D eigenvalue weighted by Gasteiger charge is 2.51. The van der Waals surface area contributed by atoms with Gasteiger partial charge >= 0.3 is 0 Å². The molecular weight excluding hydrogens is 336 g/mol. The first-order chi connectivity index (χ1) is 11.8. The van der Waals surface area contributed by atoms with Gasteiger partial charge in [0.1, 0.15) is 4.90 Å². The number of fused-ring (bicyclic) bond motifs is 1. The lowest BCUT2D eigenvalue weighted by Gasteiger charge is -2.43. The Balaban J connectivity index is 1.94. The number of hydrogen-bond acceptors (Lipinski definition) is 4. The molecule has 2 aliphatic rings. The van der Waals surface area contributed by atoms with E-state index in [0.29, 0.717) is 17.1 Å². The van der Waals surface area contributed by atoms with E-state index in [9.17, 15) is 8.42 Å². The van der Waals surface area contributed by atoms with Gasteiger partial charge in [0.15, 0.2) is 0 Å². The van der Waals surface area contributed by atoms with Gasteiger partial charge < -0.3 is 0 Å². The Labute approximate surface area is 152 Å². The summed E-state index contributed by atoms with van der Waals surface area (Å²) in [6.07, 6.45) is 7.99. The standard InChI is InChI=1S/C18H32N4O2S/c1-5-11-21-14-16(15(2)19-21)25(23,24)22-13-10-18(3)17(22)9-7-6-8-12-20(18)4/h14,17H,5-13H2,1-4H3/t17-,18-/m0/s1. The molecule has 7 heteroatoms. The Kier molecular flexibility index (Phi) is 5.28. The average molecular weight is 369 g/mol. The van der Waals surface area contributed by atoms with Gasteiger partial charge in [-0.3, -0.25) is 9.58 Å². The predicted octanol–water partition coefficient (Wildman–Crippen LogP) is 2.63. The normalized spacial score (nSPS) is 29.4. The quantitative estimate of drug-likeness (QED) is 0.820. The SMILES string of the molecule is CCCn1cc(S(=O)(=O)N2CC[C@@]3(C)[C@@H]2CCCCCN3C)c(C)n1. The summed E-state index contributed by atoms with van der Waals surface area (Å²) < 4.78 is 30.4. The molecule has 0 spiro atoms. The second-order valence-corrected chi connectivity index (χ2v) is 9.71. The fraction of sp³-hybridized carbons (Fsp3) is 0.833. The van der Waals surface area contributed by atoms with E-state index in [0.717, 1.165) is 38.8 Å². The summed E-state index contributed by atoms with van der Waals surface area (Å²) in [6.45, 7) is 8.52. The van der Waals surface area contributed by atoms with Gasteiger partial charge in [-0.2, -0.15) is 9.40 Å². The maximum absolute atomic E-state index is 13.4. The molecule has 0 unspecified atom stereocenters. The van der Waals surface area contributed by atoms with Gasteiger partial charge in [0.05, 0.1) is 5.69 Å². The Morgan fingerprint density at radius 1 is 1.28 bits per heavy atom. The predicted molar refractivity (Wildman–Crippen MR) is 99.1 cm³/mol. The van der Waals surface area contributed by atoms with Crippen LogP contribution >= 0.6 is 0 Å². The number of aromatic nitrogens is 2. The Morgan fingerprint density at radius 3 is 2.76 bits per heavy atom. The van der Waals surface area contributed by atoms with Gasteiger partial charge in [0.2, 0.25) is 10.0 Å². The second-order valence-electron chi connectivity index (χ2n) is 7.85. The van der Waals surface area contributed by atoms with E-state index < -0.39 is 10.0 Å². The first-order valence-corrected chi connectivity index (χ1v) is 11.0. The van der Waals surface area contributed by atoms with Crippen molar-refractivity contribution >= 4 is 10.0 Å². The van der Waals surface area contributed by atoms with Crippen LogP contribution in [-0.2, 0) is 16.6 Å². The van der Waals surface area contributed by atoms with Crippen molar-refractivity contribution in [2.75, 3.05) is 20.1 Å². The summed E-state index contributed by atoms with van der Waals surface area (Å²) in [5, 5.41) is 4.41. The molecule has 142 valence electrons. The van der Waals surface area contributed by atoms with Gasteiger partial charge in [0.25, 0.3) is 0 Å². The topological polar surface area (TPSA) is 58.4 Å². The molecule has 0 saturated carbocycles. The minimum absolute atomic E-state index is 0.0525. The number of nitrogens with zero attached hydrogens (tertiary/aromatic N) is 4. The third kappa shape index (κ3) is 3.26. The van der Waals surface area contributed by atoms with Crippen LogP contribution in [0.2, 0.25) is 0 Å². The van der Waals surface area contributed by atoms with Crippen LogP contribution in [0.15, 0.2) is 11.1 Å². The second kappa shape index (κ2) is 7.00. The van der Waals surface area contributed by atoms with Crippen LogP contribution in [-0.4, -0.2) is 59.1 Å². The number of sulfonamides is 1. The van der Waals surface area contributed by atoms with E-state index in [1.165, 1.54) is 12.8 Å². The van der Waals surface area contributed by atoms with Crippen molar-refractivity contribution in [1.29, 1.82) is 0 Å². The first-order valence-electron chi connectivity index (χ1n) is 9.58. The van der Waals surface area contributed by atoms with Crippen LogP contribution in [0.3, 0.4) is 0 Å². The molecule has 2 fully saturated rings. The molecule has 3 rings (SSSR count). The zero-order chi connectivity index (χ0) is 18.2. The lowest BCUT2D eigenvalue weighted by Crippen LogP contribution is -2.55. The molecule has 1 aromatic heterocycles. The minimum atomic E-state index is -3.50. The summed E-state index contributed by atoms with van der Waals surface area (Å²) in [6, 6.07) is 0.0525. The fourth-order valence-electron chi connectivity index (χ4n) is 4.50. The van der Waals surface area contributed by atoms with Crippen molar-refractivity contribution in [3.8, 4) is 0 Å². The summed E-state index contributed by atoms with van der Waals surface area (Å²) in [5.41, 5.74) is 0.544. The van der Waals surface area contributed by atoms with Gasteiger partial charge in [-0.05, 0) is 53.1 Å². The number of likely N-dealkylation sites (tertiary alicyclic amines) is 1. The number of hydrogen-bond donors (Lipinski definition) is 0. The molecule has 6 nitrogen and oxygen atoms in total. The van der Waals surface area contributed by atoms with Crippen molar-refractivity contribution in [3.63, 3.8) is 0 Å². The molecule has 25 heavy (non-hydrogen) atoms. The highest BCUT2D eigenvalue weighted by Crippen LogP contribution is 2.40. The van der Waals surface area contributed by atoms with Crippen molar-refractivity contribution < 1.29 is 8.42 Å². The molecular formula is C18H32N4O2S. The van der Waals surface area contributed by atoms with E-state index in [1.807, 2.05) is 0 Å². The summed E-state index contributed by atoms with van der Waals surface area (Å²) in [5.74, 6) is 0. The van der Waals surface area contributed by atoms with Crippen LogP contribution in [0.25, 0.3) is 0 Å². The van der Waals surface area contributed by atoms with Crippen LogP contribution in [0, 0.1) is 6.92 Å². The Hall–Kier alpha value is -0.920. The van der Waals surface area contributed by atoms with Gasteiger partial charge in [-0.15, -0.1) is 0 Å². The average Bonchev–Trinajstić information content (AvgIpc) is 3.08. The molecule has 0 aromatic carbocycles. The van der Waals surface area contributed by atoms with E-state index in [2.05, 4.69) is 30.9 Å². The maximum Gasteiger partial charge on any atom is 0.246 e. The highest BCUT2D eigenvalue weighted by molar-refractivity contribution is 7.89. The van der Waals surface area contributed by atoms with Gasteiger partial charge in [-0.1, -0.05) is 19.8 Å². The molecule has 0 amide bonds. The van der Waals surface area contributed by atoms with Crippen LogP contribution in [0.1, 0.15) is 58.1 Å². The lowest BCUT2D eigenvalue weighted by atomic mass is 9.86. The lowest BCUT2D eigenvalue weighted by molar-refractivity contribution is 0.0876. The van der Waals surface area contributed by atoms with E-state index >= 15 is 0 Å². The van der Waals surface area contributed by atoms with Crippen LogP contribution in [0.4, 0.5) is 0 Å². The molecule has 1 aromatic rings. The van der Waals surface area contributed by atoms with Crippen LogP contribution < -0.4 is 0 Å². The summed E-state index contributed by atoms with van der Waals surface area (Å²) in [7, 11) is -1.35. The van der Waals surface area contributed by atoms with Crippen LogP contribution in [0.5, 0.6) is 0 Å². The molecule has 0 radical (unpaired) electrons. The van der Waals surface area contributed by atoms with Gasteiger partial charge in [-0.25, -0.2) is 8.42 Å². The smallest absolute Gasteiger partial charge is 0.246 e. The highest BCUT2D eigenvalue weighted by atomic mass is 32.2. The molecule has 0 bridgehead atoms. The van der Waals surface area contributed by atoms with Crippen molar-refractivity contribution in [2.24, 2.45) is 0 Å². The molecule has 2 atom stereocenters. The van der Waals surface area contributed by atoms with E-state index in [-0.39, 0.29) is 11.6 Å². The third-order valence-corrected chi connectivity index (χ3v) is 8.20. The largest absolute Gasteiger partial charge is 0.299 e. The zero-order valence-corrected chi connectivity index (χ0v) is 16.8. The Morgan fingerprint density at radius 2 is 2.04 bits per heavy atom. The monoisotopic (exact) mass is 368 g/mol. The Bertz CT molecular complexity index is 715. The fourth-order valence-corrected chi connectivity index (χ4v) is 6.42. The molecule has 3 heterocycles. The van der Waals surface area contributed by atoms with Crippen molar-refractivity contribution in [3.05, 3.63) is 11.9 Å². The van der Waals surface area contributed by atoms with E-state index in [1.54, 1.807) is 22.1 Å². The van der Waals surface area contributed by atoms with E-state index in [4.69, 9.17) is 0 Å². The van der Waals surface area contributed by atoms with Gasteiger partial charge in [0, 0.05) is 30.9 Å². The first kappa shape index (κ1) is 18.9. The maximum atomic E-state index is 13.4. The molecule has 0 N–H and O–H groups in total. The molecule has 2 saturated heterocycles. The summed E-state index contributed by atoms with van der Waals surface area (Å²) >= 11 is 0. The number of rotatable bonds is 4. The van der Waals surface area contributed by atoms with Crippen molar-refractivity contribution in [2.45, 2.75) is 82.3 Å². The minimum Gasteiger partial charge on any atom is -0.299 e. The number of likely N-dealkylation sites (N-methyl/N-ethyl adjacent to an activating group) is 1. The van der Waals surface area contributed by atoms with Crippen molar-refractivity contribution in [1.82, 2.24) is 19.0 Å².